The summed E-state index contributed by atoms with van der Waals surface area (Å²) < 4.78 is 10.9. The van der Waals surface area contributed by atoms with Gasteiger partial charge in [0.15, 0.2) is 18.1 Å². The van der Waals surface area contributed by atoms with E-state index >= 15 is 0 Å². The van der Waals surface area contributed by atoms with Crippen LogP contribution in [0.25, 0.3) is 0 Å². The van der Waals surface area contributed by atoms with Gasteiger partial charge >= 0.3 is 0 Å². The second kappa shape index (κ2) is 13.0. The number of para-hydroxylation sites is 2. The Morgan fingerprint density at radius 2 is 1.40 bits per heavy atom. The van der Waals surface area contributed by atoms with E-state index < -0.39 is 23.8 Å². The summed E-state index contributed by atoms with van der Waals surface area (Å²) in [4.78, 5) is 37.5. The zero-order chi connectivity index (χ0) is 25.0. The standard InChI is InChI=1S/C26H26ClN3O5/c1-2-34-22-14-8-9-15-23(22)35-17-25(32)30-29-24(31)16-21(18-10-4-3-5-11-18)28-26(33)19-12-6-7-13-20(19)27/h3-15,21H,2,16-17H2,1H3,(H,28,33)(H,29,31)(H,30,32). The highest BCUT2D eigenvalue weighted by Gasteiger charge is 2.21. The predicted molar refractivity (Wildman–Crippen MR) is 132 cm³/mol. The van der Waals surface area contributed by atoms with E-state index in [1.807, 2.05) is 13.0 Å². The first-order valence-corrected chi connectivity index (χ1v) is 11.4. The number of halogens is 1. The van der Waals surface area contributed by atoms with Crippen molar-refractivity contribution in [3.8, 4) is 11.5 Å². The minimum atomic E-state index is -0.647. The van der Waals surface area contributed by atoms with Gasteiger partial charge in [-0.1, -0.05) is 66.2 Å². The van der Waals surface area contributed by atoms with Gasteiger partial charge < -0.3 is 14.8 Å². The third-order valence-electron chi connectivity index (χ3n) is 4.86. The normalized spacial score (nSPS) is 11.1. The molecule has 0 aliphatic heterocycles. The second-order valence-electron chi connectivity index (χ2n) is 7.39. The lowest BCUT2D eigenvalue weighted by atomic mass is 10.0. The average molecular weight is 496 g/mol. The van der Waals surface area contributed by atoms with E-state index in [9.17, 15) is 14.4 Å². The van der Waals surface area contributed by atoms with E-state index in [2.05, 4.69) is 16.2 Å². The molecule has 3 amide bonds. The Balaban J connectivity index is 1.56. The molecule has 0 aliphatic carbocycles. The molecule has 0 radical (unpaired) electrons. The van der Waals surface area contributed by atoms with Gasteiger partial charge in [-0.05, 0) is 36.8 Å². The highest BCUT2D eigenvalue weighted by atomic mass is 35.5. The van der Waals surface area contributed by atoms with Gasteiger partial charge in [-0.15, -0.1) is 0 Å². The Morgan fingerprint density at radius 1 is 0.800 bits per heavy atom. The molecule has 8 nitrogen and oxygen atoms in total. The van der Waals surface area contributed by atoms with Crippen LogP contribution in [-0.2, 0) is 9.59 Å². The number of rotatable bonds is 10. The first-order valence-electron chi connectivity index (χ1n) is 11.0. The molecule has 3 N–H and O–H groups in total. The van der Waals surface area contributed by atoms with Crippen LogP contribution in [0.4, 0.5) is 0 Å². The number of hydrazine groups is 1. The van der Waals surface area contributed by atoms with E-state index in [1.165, 1.54) is 0 Å². The summed E-state index contributed by atoms with van der Waals surface area (Å²) in [6.45, 7) is 1.98. The Morgan fingerprint density at radius 3 is 2.09 bits per heavy atom. The molecule has 0 bridgehead atoms. The third-order valence-corrected chi connectivity index (χ3v) is 5.19. The van der Waals surface area contributed by atoms with Gasteiger partial charge in [-0.2, -0.15) is 0 Å². The number of hydrogen-bond donors (Lipinski definition) is 3. The van der Waals surface area contributed by atoms with Crippen LogP contribution < -0.4 is 25.6 Å². The minimum Gasteiger partial charge on any atom is -0.490 e. The van der Waals surface area contributed by atoms with Crippen molar-refractivity contribution in [3.63, 3.8) is 0 Å². The maximum atomic E-state index is 12.8. The van der Waals surface area contributed by atoms with Crippen molar-refractivity contribution in [2.75, 3.05) is 13.2 Å². The molecule has 35 heavy (non-hydrogen) atoms. The topological polar surface area (TPSA) is 106 Å². The van der Waals surface area contributed by atoms with Crippen LogP contribution in [-0.4, -0.2) is 30.9 Å². The summed E-state index contributed by atoms with van der Waals surface area (Å²) >= 11 is 6.13. The number of carbonyl (C=O) groups is 3. The highest BCUT2D eigenvalue weighted by molar-refractivity contribution is 6.33. The van der Waals surface area contributed by atoms with Crippen LogP contribution in [0.15, 0.2) is 78.9 Å². The van der Waals surface area contributed by atoms with Crippen molar-refractivity contribution in [2.24, 2.45) is 0 Å². The van der Waals surface area contributed by atoms with Gasteiger partial charge in [0.25, 0.3) is 11.8 Å². The third kappa shape index (κ3) is 7.75. The van der Waals surface area contributed by atoms with Gasteiger partial charge in [0.2, 0.25) is 5.91 Å². The molecule has 3 aromatic carbocycles. The summed E-state index contributed by atoms with van der Waals surface area (Å²) in [5.41, 5.74) is 5.70. The summed E-state index contributed by atoms with van der Waals surface area (Å²) in [7, 11) is 0. The molecule has 0 saturated carbocycles. The van der Waals surface area contributed by atoms with Crippen molar-refractivity contribution < 1.29 is 23.9 Å². The van der Waals surface area contributed by atoms with Gasteiger partial charge in [0.05, 0.1) is 29.7 Å². The molecule has 1 unspecified atom stereocenters. The summed E-state index contributed by atoms with van der Waals surface area (Å²) in [5, 5.41) is 3.14. The Hall–Kier alpha value is -4.04. The fourth-order valence-electron chi connectivity index (χ4n) is 3.22. The monoisotopic (exact) mass is 495 g/mol. The predicted octanol–water partition coefficient (Wildman–Crippen LogP) is 3.83. The quantitative estimate of drug-likeness (QED) is 0.371. The number of ether oxygens (including phenoxy) is 2. The molecular weight excluding hydrogens is 470 g/mol. The molecule has 0 fully saturated rings. The lowest BCUT2D eigenvalue weighted by molar-refractivity contribution is -0.130. The lowest BCUT2D eigenvalue weighted by Crippen LogP contribution is -2.45. The Kier molecular flexibility index (Phi) is 9.50. The van der Waals surface area contributed by atoms with Crippen LogP contribution in [0, 0.1) is 0 Å². The van der Waals surface area contributed by atoms with Crippen molar-refractivity contribution in [2.45, 2.75) is 19.4 Å². The van der Waals surface area contributed by atoms with Crippen molar-refractivity contribution in [1.82, 2.24) is 16.2 Å². The minimum absolute atomic E-state index is 0.117. The zero-order valence-corrected chi connectivity index (χ0v) is 19.9. The maximum absolute atomic E-state index is 12.8. The van der Waals surface area contributed by atoms with Crippen LogP contribution in [0.1, 0.15) is 35.3 Å². The fraction of sp³-hybridized carbons (Fsp3) is 0.192. The van der Waals surface area contributed by atoms with Gasteiger partial charge in [-0.25, -0.2) is 0 Å². The lowest BCUT2D eigenvalue weighted by Gasteiger charge is -2.19. The first kappa shape index (κ1) is 25.6. The van der Waals surface area contributed by atoms with Crippen LogP contribution >= 0.6 is 11.6 Å². The number of amides is 3. The van der Waals surface area contributed by atoms with Gasteiger partial charge in [0, 0.05) is 0 Å². The number of carbonyl (C=O) groups excluding carboxylic acids is 3. The summed E-state index contributed by atoms with van der Waals surface area (Å²) in [5.74, 6) is -0.529. The van der Waals surface area contributed by atoms with Gasteiger partial charge in [-0.3, -0.25) is 25.2 Å². The first-order chi connectivity index (χ1) is 17.0. The van der Waals surface area contributed by atoms with Crippen LogP contribution in [0.2, 0.25) is 5.02 Å². The molecule has 3 rings (SSSR count). The summed E-state index contributed by atoms with van der Waals surface area (Å²) in [6, 6.07) is 22.0. The van der Waals surface area contributed by atoms with Crippen LogP contribution in [0.5, 0.6) is 11.5 Å². The SMILES string of the molecule is CCOc1ccccc1OCC(=O)NNC(=O)CC(NC(=O)c1ccccc1Cl)c1ccccc1. The molecule has 3 aromatic rings. The molecular formula is C26H26ClN3O5. The van der Waals surface area contributed by atoms with Crippen molar-refractivity contribution >= 4 is 29.3 Å². The smallest absolute Gasteiger partial charge is 0.276 e. The molecule has 0 spiro atoms. The largest absolute Gasteiger partial charge is 0.490 e. The number of hydrogen-bond acceptors (Lipinski definition) is 5. The molecule has 182 valence electrons. The molecule has 9 heteroatoms. The summed E-state index contributed by atoms with van der Waals surface area (Å²) in [6.07, 6.45) is -0.117. The molecule has 0 aromatic heterocycles. The molecule has 0 heterocycles. The zero-order valence-electron chi connectivity index (χ0n) is 19.1. The fourth-order valence-corrected chi connectivity index (χ4v) is 3.44. The Labute approximate surface area is 208 Å². The number of nitrogens with one attached hydrogen (secondary N) is 3. The van der Waals surface area contributed by atoms with E-state index in [0.717, 1.165) is 5.56 Å². The van der Waals surface area contributed by atoms with E-state index in [0.29, 0.717) is 28.7 Å². The Bertz CT molecular complexity index is 1160. The van der Waals surface area contributed by atoms with Gasteiger partial charge in [0.1, 0.15) is 0 Å². The molecule has 1 atom stereocenters. The average Bonchev–Trinajstić information content (AvgIpc) is 2.87. The van der Waals surface area contributed by atoms with E-state index in [1.54, 1.807) is 72.8 Å². The van der Waals surface area contributed by atoms with E-state index in [4.69, 9.17) is 21.1 Å². The maximum Gasteiger partial charge on any atom is 0.276 e. The number of benzene rings is 3. The second-order valence-corrected chi connectivity index (χ2v) is 7.79. The molecule has 0 aliphatic rings. The molecule has 0 saturated heterocycles. The van der Waals surface area contributed by atoms with Crippen molar-refractivity contribution in [1.29, 1.82) is 0 Å². The van der Waals surface area contributed by atoms with Crippen LogP contribution in [0.3, 0.4) is 0 Å². The van der Waals surface area contributed by atoms with Crippen molar-refractivity contribution in [3.05, 3.63) is 95.0 Å². The highest BCUT2D eigenvalue weighted by Crippen LogP contribution is 2.26. The van der Waals surface area contributed by atoms with E-state index in [-0.39, 0.29) is 13.0 Å².